The molecule has 1 atom stereocenters. The molecule has 2 rings (SSSR count). The molecule has 0 spiro atoms. The van der Waals surface area contributed by atoms with Gasteiger partial charge in [0.2, 0.25) is 5.91 Å². The number of imidazole rings is 1. The number of rotatable bonds is 5. The molecule has 0 bridgehead atoms. The second-order valence-electron chi connectivity index (χ2n) is 4.60. The minimum absolute atomic E-state index is 0.297. The van der Waals surface area contributed by atoms with E-state index in [0.717, 1.165) is 44.8 Å². The van der Waals surface area contributed by atoms with E-state index in [0.29, 0.717) is 0 Å². The van der Waals surface area contributed by atoms with Crippen molar-refractivity contribution in [3.63, 3.8) is 0 Å². The van der Waals surface area contributed by atoms with E-state index in [1.165, 1.54) is 0 Å². The summed E-state index contributed by atoms with van der Waals surface area (Å²) in [5.74, 6) is -0.297. The van der Waals surface area contributed by atoms with Crippen molar-refractivity contribution in [3.8, 4) is 0 Å². The Morgan fingerprint density at radius 1 is 1.56 bits per heavy atom. The van der Waals surface area contributed by atoms with Crippen molar-refractivity contribution in [1.29, 1.82) is 0 Å². The number of primary amides is 1. The molecule has 2 heterocycles. The number of nitrogens with two attached hydrogens (primary N) is 1. The van der Waals surface area contributed by atoms with Crippen LogP contribution in [0.2, 0.25) is 0 Å². The van der Waals surface area contributed by atoms with E-state index in [2.05, 4.69) is 22.1 Å². The van der Waals surface area contributed by atoms with Crippen molar-refractivity contribution in [1.82, 2.24) is 19.8 Å². The summed E-state index contributed by atoms with van der Waals surface area (Å²) in [7, 11) is 0. The Bertz CT molecular complexity index is 397. The number of nitrogens with one attached hydrogen (secondary N) is 1. The molecule has 0 radical (unpaired) electrons. The Hall–Kier alpha value is -1.40. The van der Waals surface area contributed by atoms with Crippen LogP contribution in [0.1, 0.15) is 25.1 Å². The zero-order chi connectivity index (χ0) is 13.0. The molecular weight excluding hydrogens is 230 g/mol. The third-order valence-electron chi connectivity index (χ3n) is 3.28. The second-order valence-corrected chi connectivity index (χ2v) is 4.60. The maximum Gasteiger partial charge on any atom is 0.240 e. The molecule has 0 aromatic carbocycles. The van der Waals surface area contributed by atoms with Gasteiger partial charge >= 0.3 is 0 Å². The lowest BCUT2D eigenvalue weighted by atomic mass is 10.1. The van der Waals surface area contributed by atoms with Gasteiger partial charge in [-0.3, -0.25) is 9.69 Å². The number of amides is 1. The van der Waals surface area contributed by atoms with Crippen LogP contribution in [-0.2, 0) is 11.3 Å². The predicted molar refractivity (Wildman–Crippen MR) is 68.9 cm³/mol. The molecule has 0 aliphatic carbocycles. The number of nitrogens with zero attached hydrogens (tertiary/aromatic N) is 3. The van der Waals surface area contributed by atoms with Gasteiger partial charge in [-0.05, 0) is 6.42 Å². The van der Waals surface area contributed by atoms with Crippen LogP contribution < -0.4 is 11.1 Å². The Labute approximate surface area is 107 Å². The van der Waals surface area contributed by atoms with Gasteiger partial charge in [0.1, 0.15) is 6.04 Å². The number of piperazine rings is 1. The van der Waals surface area contributed by atoms with Crippen LogP contribution in [0.25, 0.3) is 0 Å². The fourth-order valence-corrected chi connectivity index (χ4v) is 2.44. The van der Waals surface area contributed by atoms with E-state index in [-0.39, 0.29) is 11.9 Å². The molecular formula is C12H21N5O. The van der Waals surface area contributed by atoms with E-state index >= 15 is 0 Å². The molecule has 1 aromatic heterocycles. The summed E-state index contributed by atoms with van der Waals surface area (Å²) >= 11 is 0. The topological polar surface area (TPSA) is 76.2 Å². The number of hydrogen-bond donors (Lipinski definition) is 2. The zero-order valence-electron chi connectivity index (χ0n) is 10.8. The van der Waals surface area contributed by atoms with Gasteiger partial charge in [-0.2, -0.15) is 0 Å². The lowest BCUT2D eigenvalue weighted by Crippen LogP contribution is -2.49. The Morgan fingerprint density at radius 2 is 2.28 bits per heavy atom. The zero-order valence-corrected chi connectivity index (χ0v) is 10.8. The number of aryl methyl sites for hydroxylation is 1. The van der Waals surface area contributed by atoms with Gasteiger partial charge < -0.3 is 15.6 Å². The lowest BCUT2D eigenvalue weighted by molar-refractivity contribution is -0.124. The highest BCUT2D eigenvalue weighted by atomic mass is 16.1. The van der Waals surface area contributed by atoms with Crippen LogP contribution >= 0.6 is 0 Å². The standard InChI is InChI=1S/C12H21N5O/c1-2-5-17-9-15-8-10(17)11(12(13)18)16-6-3-14-4-7-16/h8-9,11,14H,2-7H2,1H3,(H2,13,18). The van der Waals surface area contributed by atoms with E-state index in [1.54, 1.807) is 12.5 Å². The predicted octanol–water partition coefficient (Wildman–Crippen LogP) is -0.275. The molecule has 0 saturated carbocycles. The average molecular weight is 251 g/mol. The summed E-state index contributed by atoms with van der Waals surface area (Å²) < 4.78 is 2.03. The second kappa shape index (κ2) is 5.97. The highest BCUT2D eigenvalue weighted by Crippen LogP contribution is 2.20. The van der Waals surface area contributed by atoms with Gasteiger partial charge in [0.25, 0.3) is 0 Å². The first-order chi connectivity index (χ1) is 8.74. The van der Waals surface area contributed by atoms with Crippen molar-refractivity contribution in [2.24, 2.45) is 5.73 Å². The number of hydrogen-bond acceptors (Lipinski definition) is 4. The van der Waals surface area contributed by atoms with Crippen LogP contribution in [0.4, 0.5) is 0 Å². The third kappa shape index (κ3) is 2.70. The monoisotopic (exact) mass is 251 g/mol. The largest absolute Gasteiger partial charge is 0.368 e. The van der Waals surface area contributed by atoms with E-state index in [9.17, 15) is 4.79 Å². The van der Waals surface area contributed by atoms with Crippen LogP contribution in [0.5, 0.6) is 0 Å². The molecule has 6 heteroatoms. The maximum absolute atomic E-state index is 11.8. The highest BCUT2D eigenvalue weighted by molar-refractivity contribution is 5.81. The third-order valence-corrected chi connectivity index (χ3v) is 3.28. The number of carbonyl (C=O) groups is 1. The van der Waals surface area contributed by atoms with Gasteiger partial charge in [0, 0.05) is 32.7 Å². The summed E-state index contributed by atoms with van der Waals surface area (Å²) in [5, 5.41) is 3.28. The van der Waals surface area contributed by atoms with Crippen LogP contribution in [0, 0.1) is 0 Å². The number of carbonyl (C=O) groups excluding carboxylic acids is 1. The van der Waals surface area contributed by atoms with Crippen molar-refractivity contribution < 1.29 is 4.79 Å². The molecule has 1 fully saturated rings. The summed E-state index contributed by atoms with van der Waals surface area (Å²) in [6.07, 6.45) is 4.54. The molecule has 3 N–H and O–H groups in total. The first kappa shape index (κ1) is 13.0. The molecule has 1 aromatic rings. The maximum atomic E-state index is 11.8. The number of aromatic nitrogens is 2. The summed E-state index contributed by atoms with van der Waals surface area (Å²) in [6, 6.07) is -0.360. The Balaban J connectivity index is 2.23. The Kier molecular flexibility index (Phi) is 4.33. The van der Waals surface area contributed by atoms with Gasteiger partial charge in [0.15, 0.2) is 0 Å². The minimum Gasteiger partial charge on any atom is -0.368 e. The van der Waals surface area contributed by atoms with E-state index < -0.39 is 0 Å². The van der Waals surface area contributed by atoms with E-state index in [4.69, 9.17) is 5.73 Å². The molecule has 1 aliphatic heterocycles. The molecule has 100 valence electrons. The first-order valence-corrected chi connectivity index (χ1v) is 6.48. The molecule has 1 saturated heterocycles. The highest BCUT2D eigenvalue weighted by Gasteiger charge is 2.29. The smallest absolute Gasteiger partial charge is 0.240 e. The fourth-order valence-electron chi connectivity index (χ4n) is 2.44. The quantitative estimate of drug-likeness (QED) is 0.755. The lowest BCUT2D eigenvalue weighted by Gasteiger charge is -2.33. The van der Waals surface area contributed by atoms with E-state index in [1.807, 2.05) is 4.57 Å². The van der Waals surface area contributed by atoms with Crippen LogP contribution in [-0.4, -0.2) is 46.5 Å². The average Bonchev–Trinajstić information content (AvgIpc) is 2.79. The van der Waals surface area contributed by atoms with Crippen molar-refractivity contribution in [2.75, 3.05) is 26.2 Å². The van der Waals surface area contributed by atoms with Crippen LogP contribution in [0.15, 0.2) is 12.5 Å². The molecule has 1 amide bonds. The normalized spacial score (nSPS) is 18.7. The molecule has 1 aliphatic rings. The van der Waals surface area contributed by atoms with Crippen LogP contribution in [0.3, 0.4) is 0 Å². The van der Waals surface area contributed by atoms with Crippen molar-refractivity contribution in [2.45, 2.75) is 25.9 Å². The summed E-state index contributed by atoms with van der Waals surface area (Å²) in [6.45, 7) is 6.44. The van der Waals surface area contributed by atoms with Gasteiger partial charge in [-0.25, -0.2) is 4.98 Å². The summed E-state index contributed by atoms with van der Waals surface area (Å²) in [5.41, 5.74) is 6.49. The molecule has 18 heavy (non-hydrogen) atoms. The van der Waals surface area contributed by atoms with Crippen molar-refractivity contribution >= 4 is 5.91 Å². The van der Waals surface area contributed by atoms with Gasteiger partial charge in [-0.1, -0.05) is 6.92 Å². The first-order valence-electron chi connectivity index (χ1n) is 6.48. The summed E-state index contributed by atoms with van der Waals surface area (Å²) in [4.78, 5) is 18.1. The fraction of sp³-hybridized carbons (Fsp3) is 0.667. The van der Waals surface area contributed by atoms with Gasteiger partial charge in [0.05, 0.1) is 18.2 Å². The Morgan fingerprint density at radius 3 is 2.89 bits per heavy atom. The minimum atomic E-state index is -0.360. The molecule has 6 nitrogen and oxygen atoms in total. The van der Waals surface area contributed by atoms with Gasteiger partial charge in [-0.15, -0.1) is 0 Å². The van der Waals surface area contributed by atoms with Crippen molar-refractivity contribution in [3.05, 3.63) is 18.2 Å². The SMILES string of the molecule is CCCn1cncc1C(C(N)=O)N1CCNCC1. The molecule has 1 unspecified atom stereocenters.